The zero-order valence-corrected chi connectivity index (χ0v) is 43.8. The van der Waals surface area contributed by atoms with Crippen molar-refractivity contribution in [3.05, 3.63) is 112 Å². The number of aliphatic hydroxyl groups is 1. The van der Waals surface area contributed by atoms with Crippen molar-refractivity contribution in [1.29, 1.82) is 0 Å². The van der Waals surface area contributed by atoms with Crippen molar-refractivity contribution in [2.45, 2.75) is 116 Å². The molecule has 8 aliphatic rings. The monoisotopic (exact) mass is 1010 g/mol. The maximum Gasteiger partial charge on any atom is 0.236 e. The van der Waals surface area contributed by atoms with E-state index < -0.39 is 64.5 Å². The van der Waals surface area contributed by atoms with Crippen LogP contribution in [0.5, 0.6) is 17.2 Å². The smallest absolute Gasteiger partial charge is 0.236 e. The van der Waals surface area contributed by atoms with E-state index in [0.717, 1.165) is 50.4 Å². The Morgan fingerprint density at radius 1 is 0.703 bits per heavy atom. The van der Waals surface area contributed by atoms with Crippen LogP contribution < -0.4 is 14.2 Å². The van der Waals surface area contributed by atoms with Crippen molar-refractivity contribution in [3.8, 4) is 17.2 Å². The summed E-state index contributed by atoms with van der Waals surface area (Å²) in [6.07, 6.45) is 7.07. The largest absolute Gasteiger partial charge is 0.491 e. The number of epoxide rings is 2. The molecule has 8 heterocycles. The molecule has 4 amide bonds. The summed E-state index contributed by atoms with van der Waals surface area (Å²) in [6.45, 7) is 19.2. The summed E-state index contributed by atoms with van der Waals surface area (Å²) >= 11 is 0. The number of hydrogen-bond acceptors (Lipinski definition) is 13. The van der Waals surface area contributed by atoms with Crippen LogP contribution in [-0.4, -0.2) is 140 Å². The Kier molecular flexibility index (Phi) is 13.2. The van der Waals surface area contributed by atoms with E-state index in [-0.39, 0.29) is 74.7 Å². The van der Waals surface area contributed by atoms with Crippen LogP contribution in [0.15, 0.2) is 72.8 Å². The molecule has 0 saturated carbocycles. The molecule has 394 valence electrons. The third-order valence-electron chi connectivity index (χ3n) is 16.6. The molecule has 15 heteroatoms. The highest BCUT2D eigenvalue weighted by atomic mass is 16.6. The molecule has 0 aromatic heterocycles. The first-order valence-electron chi connectivity index (χ1n) is 26.5. The van der Waals surface area contributed by atoms with Crippen molar-refractivity contribution < 1.29 is 62.2 Å². The molecule has 8 aliphatic heterocycles. The zero-order chi connectivity index (χ0) is 52.0. The van der Waals surface area contributed by atoms with Crippen molar-refractivity contribution in [2.75, 3.05) is 59.3 Å². The number of nitrogens with zero attached hydrogens (tertiary/aromatic N) is 2. The molecule has 3 aromatic carbocycles. The maximum absolute atomic E-state index is 15.2. The minimum atomic E-state index is -1.16. The van der Waals surface area contributed by atoms with Gasteiger partial charge >= 0.3 is 0 Å². The van der Waals surface area contributed by atoms with Gasteiger partial charge in [0.05, 0.1) is 62.3 Å². The number of fused-ring (bicyclic) bond motifs is 10. The van der Waals surface area contributed by atoms with Crippen LogP contribution in [0, 0.1) is 69.6 Å². The van der Waals surface area contributed by atoms with Crippen molar-refractivity contribution >= 4 is 23.6 Å². The second-order valence-electron chi connectivity index (χ2n) is 23.3. The fraction of sp³-hybridized carbons (Fsp3) is 0.559. The number of carbonyl (C=O) groups is 4. The summed E-state index contributed by atoms with van der Waals surface area (Å²) < 4.78 is 48.3. The summed E-state index contributed by atoms with van der Waals surface area (Å²) in [5.41, 5.74) is 4.11. The zero-order valence-electron chi connectivity index (χ0n) is 43.8. The molecule has 4 bridgehead atoms. The van der Waals surface area contributed by atoms with Crippen LogP contribution >= 0.6 is 0 Å². The molecule has 6 fully saturated rings. The number of ether oxygens (including phenoxy) is 8. The van der Waals surface area contributed by atoms with Gasteiger partial charge in [0, 0.05) is 19.0 Å². The Labute approximate surface area is 433 Å². The molecule has 0 spiro atoms. The molecule has 74 heavy (non-hydrogen) atoms. The van der Waals surface area contributed by atoms with Gasteiger partial charge in [-0.05, 0) is 104 Å². The Morgan fingerprint density at radius 2 is 1.24 bits per heavy atom. The lowest BCUT2D eigenvalue weighted by molar-refractivity contribution is -0.148. The van der Waals surface area contributed by atoms with Crippen molar-refractivity contribution in [1.82, 2.24) is 9.80 Å². The Balaban J connectivity index is 0.756. The van der Waals surface area contributed by atoms with Crippen LogP contribution in [0.1, 0.15) is 78.5 Å². The van der Waals surface area contributed by atoms with E-state index in [1.165, 1.54) is 9.80 Å². The molecule has 3 aromatic rings. The van der Waals surface area contributed by atoms with E-state index in [1.807, 2.05) is 83.2 Å². The fourth-order valence-corrected chi connectivity index (χ4v) is 13.2. The van der Waals surface area contributed by atoms with Crippen molar-refractivity contribution in [3.63, 3.8) is 0 Å². The van der Waals surface area contributed by atoms with E-state index in [2.05, 4.69) is 45.0 Å². The standard InChI is InChI=1S/C59H70N2O13/c1-32-9-11-41(12-10-32)68-25-40(62)24-67-31-58-16-13-44(73-58)46-49(58)55(65)60(53(46)63)18-15-33(2)23-57(7,8)30-61-54(64)47-45-14-17-59(74-45,50(47)56(61)66)48(38-19-34(3)51(35(4)20-38)71-28-42-26-69-42)39-21-36(5)52(37(6)22-39)72-29-43-27-70-43/h9-14,16-17,19-22,33,40,42-50,62H,15,18,23-31H2,1-8H3. The third kappa shape index (κ3) is 9.29. The molecular weight excluding hydrogens is 945 g/mol. The molecule has 11 rings (SSSR count). The SMILES string of the molecule is Cc1ccc(OCC(O)COCC23C=CC(O2)C2C(=O)N(CCC(C)CC(C)(C)CN4C(=O)C5C6C=CC(C(c7cc(C)c(OCC8CO8)c(C)c7)c7cc(C)c(OCC8CO8)c(C)c7)(O6)C5C4=O)C(=O)C23)cc1. The van der Waals surface area contributed by atoms with Crippen LogP contribution in [-0.2, 0) is 42.9 Å². The Hall–Kier alpha value is -5.42. The lowest BCUT2D eigenvalue weighted by atomic mass is 9.66. The summed E-state index contributed by atoms with van der Waals surface area (Å²) in [5, 5.41) is 10.6. The summed E-state index contributed by atoms with van der Waals surface area (Å²) in [7, 11) is 0. The van der Waals surface area contributed by atoms with Crippen LogP contribution in [0.4, 0.5) is 0 Å². The second-order valence-corrected chi connectivity index (χ2v) is 23.3. The number of likely N-dealkylation sites (tertiary alicyclic amines) is 2. The number of rotatable bonds is 23. The predicted molar refractivity (Wildman–Crippen MR) is 271 cm³/mol. The van der Waals surface area contributed by atoms with Gasteiger partial charge in [0.15, 0.2) is 0 Å². The number of aryl methyl sites for hydroxylation is 5. The van der Waals surface area contributed by atoms with Gasteiger partial charge in [0.2, 0.25) is 23.6 Å². The summed E-state index contributed by atoms with van der Waals surface area (Å²) in [4.78, 5) is 60.8. The van der Waals surface area contributed by atoms with Crippen molar-refractivity contribution in [2.24, 2.45) is 35.0 Å². The quantitative estimate of drug-likeness (QED) is 0.0626. The van der Waals surface area contributed by atoms with Gasteiger partial charge in [-0.1, -0.05) is 87.0 Å². The molecule has 0 aliphatic carbocycles. The van der Waals surface area contributed by atoms with E-state index in [4.69, 9.17) is 37.9 Å². The summed E-state index contributed by atoms with van der Waals surface area (Å²) in [5.74, 6) is -1.93. The average molecular weight is 1020 g/mol. The van der Waals surface area contributed by atoms with E-state index in [9.17, 15) is 19.5 Å². The highest BCUT2D eigenvalue weighted by Gasteiger charge is 2.71. The molecule has 12 unspecified atom stereocenters. The van der Waals surface area contributed by atoms with Gasteiger partial charge in [-0.2, -0.15) is 0 Å². The first-order chi connectivity index (χ1) is 35.3. The van der Waals surface area contributed by atoms with Gasteiger partial charge < -0.3 is 43.0 Å². The number of hydrogen-bond donors (Lipinski definition) is 1. The highest BCUT2D eigenvalue weighted by Crippen LogP contribution is 2.60. The lowest BCUT2D eigenvalue weighted by Crippen LogP contribution is -2.47. The first kappa shape index (κ1) is 50.7. The molecule has 12 atom stereocenters. The number of aliphatic hydroxyl groups excluding tert-OH is 1. The Bertz CT molecular complexity index is 2660. The van der Waals surface area contributed by atoms with Gasteiger partial charge in [-0.15, -0.1) is 0 Å². The lowest BCUT2D eigenvalue weighted by Gasteiger charge is -2.39. The van der Waals surface area contributed by atoms with Crippen LogP contribution in [0.2, 0.25) is 0 Å². The second kappa shape index (κ2) is 19.3. The van der Waals surface area contributed by atoms with E-state index in [1.54, 1.807) is 0 Å². The maximum atomic E-state index is 15.2. The normalized spacial score (nSPS) is 31.1. The van der Waals surface area contributed by atoms with Gasteiger partial charge in [0.1, 0.15) is 66.6 Å². The highest BCUT2D eigenvalue weighted by molar-refractivity contribution is 6.08. The molecule has 0 radical (unpaired) electrons. The minimum Gasteiger partial charge on any atom is -0.491 e. The van der Waals surface area contributed by atoms with Gasteiger partial charge in [-0.25, -0.2) is 0 Å². The van der Waals surface area contributed by atoms with Gasteiger partial charge in [-0.3, -0.25) is 29.0 Å². The number of amides is 4. The molecule has 15 nitrogen and oxygen atoms in total. The third-order valence-corrected chi connectivity index (χ3v) is 16.6. The first-order valence-corrected chi connectivity index (χ1v) is 26.5. The van der Waals surface area contributed by atoms with E-state index >= 15 is 4.79 Å². The number of imide groups is 2. The number of benzene rings is 3. The van der Waals surface area contributed by atoms with Crippen LogP contribution in [0.25, 0.3) is 0 Å². The summed E-state index contributed by atoms with van der Waals surface area (Å²) in [6, 6.07) is 16.1. The van der Waals surface area contributed by atoms with E-state index in [0.29, 0.717) is 45.0 Å². The molecule has 6 saturated heterocycles. The molecule has 1 N–H and O–H groups in total. The molecular formula is C59H70N2O13. The van der Waals surface area contributed by atoms with Gasteiger partial charge in [0.25, 0.3) is 0 Å². The number of carbonyl (C=O) groups excluding carboxylic acids is 4. The average Bonchev–Trinajstić information content (AvgIpc) is 4.15. The topological polar surface area (TPSA) is 175 Å². The van der Waals surface area contributed by atoms with Crippen LogP contribution in [0.3, 0.4) is 0 Å². The predicted octanol–water partition coefficient (Wildman–Crippen LogP) is 6.43. The fourth-order valence-electron chi connectivity index (χ4n) is 13.2. The Morgan fingerprint density at radius 3 is 1.84 bits per heavy atom. The minimum absolute atomic E-state index is 0.0118.